The van der Waals surface area contributed by atoms with Crippen molar-refractivity contribution in [1.29, 1.82) is 0 Å². The number of nitrogens with one attached hydrogen (secondary N) is 3. The minimum absolute atomic E-state index is 0.146. The highest BCUT2D eigenvalue weighted by Crippen LogP contribution is 2.20. The first-order valence-electron chi connectivity index (χ1n) is 9.47. The number of aromatic amines is 1. The molecule has 0 aliphatic carbocycles. The van der Waals surface area contributed by atoms with Crippen molar-refractivity contribution in [1.82, 2.24) is 20.8 Å². The number of rotatable bonds is 2. The van der Waals surface area contributed by atoms with E-state index in [0.29, 0.717) is 11.4 Å². The zero-order valence-corrected chi connectivity index (χ0v) is 18.3. The molecule has 0 atom stereocenters. The predicted molar refractivity (Wildman–Crippen MR) is 124 cm³/mol. The Hall–Kier alpha value is -2.77. The van der Waals surface area contributed by atoms with Crippen LogP contribution in [-0.2, 0) is 4.79 Å². The third kappa shape index (κ3) is 8.71. The van der Waals surface area contributed by atoms with E-state index in [0.717, 1.165) is 23.7 Å². The molecule has 6 nitrogen and oxygen atoms in total. The number of carbonyl (C=O) groups excluding carboxylic acids is 2. The molecule has 1 saturated heterocycles. The summed E-state index contributed by atoms with van der Waals surface area (Å²) in [6.45, 7) is 0.867. The summed E-state index contributed by atoms with van der Waals surface area (Å²) < 4.78 is 0. The molecule has 0 bridgehead atoms. The smallest absolute Gasteiger partial charge is 0.269 e. The standard InChI is InChI=1S/C12H9Cl.C5H7N3O.C5H9NOS/c13-12-8-6-11(7-9-12)10-4-2-1-3-5-10;1-6-5(9)4-2-3-7-8-4;7-5-4-8-3-1-2-6-5/h1-9H;2-3H,1H3,(H,6,9)(H,7,8);1-4H2,(H,6,7). The minimum atomic E-state index is -0.146. The zero-order valence-electron chi connectivity index (χ0n) is 16.7. The van der Waals surface area contributed by atoms with Crippen LogP contribution < -0.4 is 10.6 Å². The van der Waals surface area contributed by atoms with Crippen LogP contribution in [0.5, 0.6) is 0 Å². The van der Waals surface area contributed by atoms with E-state index in [-0.39, 0.29) is 11.8 Å². The van der Waals surface area contributed by atoms with Crippen LogP contribution in [0.15, 0.2) is 66.9 Å². The largest absolute Gasteiger partial charge is 0.355 e. The molecule has 0 unspecified atom stereocenters. The molecular formula is C22H25ClN4O2S. The van der Waals surface area contributed by atoms with Crippen molar-refractivity contribution in [3.05, 3.63) is 77.6 Å². The van der Waals surface area contributed by atoms with E-state index in [9.17, 15) is 9.59 Å². The van der Waals surface area contributed by atoms with Crippen LogP contribution in [0.25, 0.3) is 11.1 Å². The molecule has 1 fully saturated rings. The summed E-state index contributed by atoms with van der Waals surface area (Å²) in [7, 11) is 1.57. The van der Waals surface area contributed by atoms with E-state index in [4.69, 9.17) is 11.6 Å². The lowest BCUT2D eigenvalue weighted by atomic mass is 10.1. The second kappa shape index (κ2) is 13.5. The number of benzene rings is 2. The molecule has 4 rings (SSSR count). The Labute approximate surface area is 185 Å². The van der Waals surface area contributed by atoms with Gasteiger partial charge in [0.1, 0.15) is 5.69 Å². The number of thioether (sulfide) groups is 1. The van der Waals surface area contributed by atoms with Gasteiger partial charge in [-0.3, -0.25) is 14.7 Å². The number of hydrogen-bond acceptors (Lipinski definition) is 4. The van der Waals surface area contributed by atoms with Crippen LogP contribution in [0.3, 0.4) is 0 Å². The van der Waals surface area contributed by atoms with Gasteiger partial charge in [-0.2, -0.15) is 16.9 Å². The van der Waals surface area contributed by atoms with Crippen LogP contribution in [0, 0.1) is 0 Å². The SMILES string of the molecule is CNC(=O)c1ccn[nH]1.Clc1ccc(-c2ccccc2)cc1.O=C1CSCCCN1. The lowest BCUT2D eigenvalue weighted by molar-refractivity contribution is -0.118. The molecular weight excluding hydrogens is 420 g/mol. The Kier molecular flexibility index (Phi) is 10.5. The molecule has 0 radical (unpaired) electrons. The fraction of sp³-hybridized carbons (Fsp3) is 0.227. The summed E-state index contributed by atoms with van der Waals surface area (Å²) in [6.07, 6.45) is 2.65. The van der Waals surface area contributed by atoms with Gasteiger partial charge in [-0.05, 0) is 41.5 Å². The van der Waals surface area contributed by atoms with Crippen LogP contribution in [0.4, 0.5) is 0 Å². The molecule has 30 heavy (non-hydrogen) atoms. The Morgan fingerprint density at radius 3 is 2.40 bits per heavy atom. The molecule has 0 spiro atoms. The van der Waals surface area contributed by atoms with Crippen LogP contribution in [0.2, 0.25) is 5.02 Å². The fourth-order valence-corrected chi connectivity index (χ4v) is 3.31. The molecule has 3 aromatic rings. The van der Waals surface area contributed by atoms with Crippen LogP contribution in [-0.4, -0.2) is 47.1 Å². The summed E-state index contributed by atoms with van der Waals surface area (Å²) in [5.41, 5.74) is 2.90. The third-order valence-corrected chi connectivity index (χ3v) is 5.24. The Balaban J connectivity index is 0.000000167. The van der Waals surface area contributed by atoms with Crippen molar-refractivity contribution in [3.8, 4) is 11.1 Å². The van der Waals surface area contributed by atoms with Gasteiger partial charge >= 0.3 is 0 Å². The Morgan fingerprint density at radius 2 is 1.77 bits per heavy atom. The average Bonchev–Trinajstić information content (AvgIpc) is 3.22. The Morgan fingerprint density at radius 1 is 1.07 bits per heavy atom. The highest BCUT2D eigenvalue weighted by Gasteiger charge is 2.03. The number of aromatic nitrogens is 2. The number of halogens is 1. The highest BCUT2D eigenvalue weighted by molar-refractivity contribution is 7.99. The molecule has 0 saturated carbocycles. The van der Waals surface area contributed by atoms with Gasteiger partial charge < -0.3 is 10.6 Å². The topological polar surface area (TPSA) is 86.9 Å². The lowest BCUT2D eigenvalue weighted by Crippen LogP contribution is -2.23. The summed E-state index contributed by atoms with van der Waals surface area (Å²) in [5, 5.41) is 12.2. The number of hydrogen-bond donors (Lipinski definition) is 3. The molecule has 1 aromatic heterocycles. The molecule has 8 heteroatoms. The first-order chi connectivity index (χ1) is 14.6. The Bertz CT molecular complexity index is 877. The van der Waals surface area contributed by atoms with Crippen LogP contribution >= 0.6 is 23.4 Å². The van der Waals surface area contributed by atoms with Crippen molar-refractivity contribution in [2.45, 2.75) is 6.42 Å². The summed E-state index contributed by atoms with van der Waals surface area (Å²) in [4.78, 5) is 21.2. The van der Waals surface area contributed by atoms with E-state index in [2.05, 4.69) is 33.0 Å². The van der Waals surface area contributed by atoms with Gasteiger partial charge in [0.25, 0.3) is 5.91 Å². The van der Waals surface area contributed by atoms with Crippen molar-refractivity contribution in [3.63, 3.8) is 0 Å². The van der Waals surface area contributed by atoms with E-state index in [1.54, 1.807) is 24.9 Å². The van der Waals surface area contributed by atoms with Gasteiger partial charge in [0.05, 0.1) is 5.75 Å². The maximum Gasteiger partial charge on any atom is 0.269 e. The monoisotopic (exact) mass is 444 g/mol. The van der Waals surface area contributed by atoms with E-state index in [1.165, 1.54) is 17.3 Å². The van der Waals surface area contributed by atoms with Crippen molar-refractivity contribution in [2.24, 2.45) is 0 Å². The molecule has 2 aromatic carbocycles. The molecule has 3 N–H and O–H groups in total. The maximum absolute atomic E-state index is 10.7. The van der Waals surface area contributed by atoms with Gasteiger partial charge in [-0.1, -0.05) is 54.1 Å². The predicted octanol–water partition coefficient (Wildman–Crippen LogP) is 4.02. The molecule has 1 aliphatic rings. The zero-order chi connectivity index (χ0) is 21.6. The second-order valence-electron chi connectivity index (χ2n) is 6.18. The van der Waals surface area contributed by atoms with E-state index < -0.39 is 0 Å². The fourth-order valence-electron chi connectivity index (χ4n) is 2.41. The van der Waals surface area contributed by atoms with Crippen molar-refractivity contribution >= 4 is 35.2 Å². The lowest BCUT2D eigenvalue weighted by Gasteiger charge is -2.00. The average molecular weight is 445 g/mol. The van der Waals surface area contributed by atoms with Gasteiger partial charge in [0.15, 0.2) is 0 Å². The van der Waals surface area contributed by atoms with Gasteiger partial charge in [-0.15, -0.1) is 0 Å². The highest BCUT2D eigenvalue weighted by atomic mass is 35.5. The first-order valence-corrected chi connectivity index (χ1v) is 11.0. The van der Waals surface area contributed by atoms with Crippen LogP contribution in [0.1, 0.15) is 16.9 Å². The molecule has 1 aliphatic heterocycles. The maximum atomic E-state index is 10.7. The molecule has 158 valence electrons. The first kappa shape index (κ1) is 23.5. The van der Waals surface area contributed by atoms with E-state index >= 15 is 0 Å². The minimum Gasteiger partial charge on any atom is -0.355 e. The van der Waals surface area contributed by atoms with Gasteiger partial charge in [-0.25, -0.2) is 0 Å². The molecule has 2 heterocycles. The van der Waals surface area contributed by atoms with Crippen molar-refractivity contribution in [2.75, 3.05) is 25.1 Å². The molecule has 2 amide bonds. The number of amides is 2. The second-order valence-corrected chi connectivity index (χ2v) is 7.72. The number of nitrogens with zero attached hydrogens (tertiary/aromatic N) is 1. The van der Waals surface area contributed by atoms with Gasteiger partial charge in [0, 0.05) is 24.8 Å². The summed E-state index contributed by atoms with van der Waals surface area (Å²) >= 11 is 7.51. The number of H-pyrrole nitrogens is 1. The van der Waals surface area contributed by atoms with Gasteiger partial charge in [0.2, 0.25) is 5.91 Å². The quantitative estimate of drug-likeness (QED) is 0.557. The third-order valence-electron chi connectivity index (χ3n) is 3.94. The summed E-state index contributed by atoms with van der Waals surface area (Å²) in [5.74, 6) is 1.82. The number of carbonyl (C=O) groups is 2. The summed E-state index contributed by atoms with van der Waals surface area (Å²) in [6, 6.07) is 19.7. The van der Waals surface area contributed by atoms with Crippen molar-refractivity contribution < 1.29 is 9.59 Å². The normalized spacial score (nSPS) is 12.8. The van der Waals surface area contributed by atoms with E-state index in [1.807, 2.05) is 42.5 Å².